The Labute approximate surface area is 172 Å². The summed E-state index contributed by atoms with van der Waals surface area (Å²) in [5, 5.41) is 0. The Bertz CT molecular complexity index is 1030. The van der Waals surface area contributed by atoms with E-state index >= 15 is 0 Å². The fourth-order valence-electron chi connectivity index (χ4n) is 3.32. The smallest absolute Gasteiger partial charge is 0.406 e. The zero-order valence-electron chi connectivity index (χ0n) is 16.4. The van der Waals surface area contributed by atoms with E-state index in [9.17, 15) is 26.4 Å². The lowest BCUT2D eigenvalue weighted by Crippen LogP contribution is -2.50. The van der Waals surface area contributed by atoms with Crippen LogP contribution in [0.3, 0.4) is 0 Å². The quantitative estimate of drug-likeness (QED) is 0.729. The highest BCUT2D eigenvalue weighted by Gasteiger charge is 2.33. The van der Waals surface area contributed by atoms with Gasteiger partial charge in [-0.2, -0.15) is 4.31 Å². The summed E-state index contributed by atoms with van der Waals surface area (Å²) in [6.45, 7) is 4.43. The van der Waals surface area contributed by atoms with Crippen molar-refractivity contribution in [2.75, 3.05) is 26.2 Å². The minimum Gasteiger partial charge on any atom is -0.406 e. The first-order valence-electron chi connectivity index (χ1n) is 9.20. The van der Waals surface area contributed by atoms with Gasteiger partial charge >= 0.3 is 6.36 Å². The SMILES string of the molecule is Cc1ccc(C(=O)N2CCN(S(=O)(=O)c3ccc(OC(F)(F)F)cc3)CC2)c(C)c1. The van der Waals surface area contributed by atoms with Gasteiger partial charge in [0.25, 0.3) is 5.91 Å². The number of hydrogen-bond donors (Lipinski definition) is 0. The van der Waals surface area contributed by atoms with Crippen molar-refractivity contribution in [3.8, 4) is 5.75 Å². The maximum absolute atomic E-state index is 12.8. The molecule has 1 aliphatic rings. The van der Waals surface area contributed by atoms with E-state index in [0.717, 1.165) is 35.4 Å². The molecular formula is C20H21F3N2O4S. The number of nitrogens with zero attached hydrogens (tertiary/aromatic N) is 2. The summed E-state index contributed by atoms with van der Waals surface area (Å²) in [5.74, 6) is -0.650. The second-order valence-corrected chi connectivity index (χ2v) is 8.97. The van der Waals surface area contributed by atoms with Crippen LogP contribution in [0.25, 0.3) is 0 Å². The Kier molecular flexibility index (Phi) is 6.09. The first kappa shape index (κ1) is 22.1. The van der Waals surface area contributed by atoms with Crippen LogP contribution in [-0.2, 0) is 10.0 Å². The largest absolute Gasteiger partial charge is 0.573 e. The van der Waals surface area contributed by atoms with Crippen molar-refractivity contribution in [1.82, 2.24) is 9.21 Å². The summed E-state index contributed by atoms with van der Waals surface area (Å²) >= 11 is 0. The van der Waals surface area contributed by atoms with Crippen molar-refractivity contribution in [3.05, 3.63) is 59.2 Å². The van der Waals surface area contributed by atoms with Crippen LogP contribution < -0.4 is 4.74 Å². The molecule has 0 aromatic heterocycles. The number of benzene rings is 2. The zero-order chi connectivity index (χ0) is 22.1. The van der Waals surface area contributed by atoms with Crippen LogP contribution in [0.4, 0.5) is 13.2 Å². The molecule has 3 rings (SSSR count). The van der Waals surface area contributed by atoms with Crippen LogP contribution in [0.15, 0.2) is 47.4 Å². The molecule has 1 amide bonds. The molecule has 2 aromatic carbocycles. The molecule has 10 heteroatoms. The van der Waals surface area contributed by atoms with Gasteiger partial charge in [0, 0.05) is 31.7 Å². The molecule has 0 spiro atoms. The summed E-state index contributed by atoms with van der Waals surface area (Å²) in [7, 11) is -3.89. The maximum Gasteiger partial charge on any atom is 0.573 e. The first-order valence-corrected chi connectivity index (χ1v) is 10.6. The predicted molar refractivity (Wildman–Crippen MR) is 104 cm³/mol. The van der Waals surface area contributed by atoms with Gasteiger partial charge in [0.2, 0.25) is 10.0 Å². The second-order valence-electron chi connectivity index (χ2n) is 7.03. The number of aryl methyl sites for hydroxylation is 2. The average Bonchev–Trinajstić information content (AvgIpc) is 2.67. The highest BCUT2D eigenvalue weighted by molar-refractivity contribution is 7.89. The van der Waals surface area contributed by atoms with Crippen molar-refractivity contribution in [2.45, 2.75) is 25.1 Å². The molecule has 1 saturated heterocycles. The number of alkyl halides is 3. The molecule has 162 valence electrons. The van der Waals surface area contributed by atoms with E-state index < -0.39 is 22.1 Å². The van der Waals surface area contributed by atoms with E-state index in [4.69, 9.17) is 0 Å². The molecule has 0 radical (unpaired) electrons. The van der Waals surface area contributed by atoms with Crippen LogP contribution in [0, 0.1) is 13.8 Å². The van der Waals surface area contributed by atoms with Gasteiger partial charge in [-0.15, -0.1) is 13.2 Å². The first-order chi connectivity index (χ1) is 14.0. The fraction of sp³-hybridized carbons (Fsp3) is 0.350. The van der Waals surface area contributed by atoms with Gasteiger partial charge in [0.05, 0.1) is 4.90 Å². The van der Waals surface area contributed by atoms with Gasteiger partial charge in [-0.1, -0.05) is 17.7 Å². The average molecular weight is 442 g/mol. The number of hydrogen-bond acceptors (Lipinski definition) is 4. The Balaban J connectivity index is 1.67. The highest BCUT2D eigenvalue weighted by Crippen LogP contribution is 2.25. The monoisotopic (exact) mass is 442 g/mol. The molecule has 1 fully saturated rings. The molecule has 0 unspecified atom stereocenters. The molecule has 0 aliphatic carbocycles. The lowest BCUT2D eigenvalue weighted by atomic mass is 10.0. The maximum atomic E-state index is 12.8. The van der Waals surface area contributed by atoms with Gasteiger partial charge < -0.3 is 9.64 Å². The van der Waals surface area contributed by atoms with Crippen LogP contribution in [0.2, 0.25) is 0 Å². The van der Waals surface area contributed by atoms with Crippen molar-refractivity contribution in [3.63, 3.8) is 0 Å². The Hall–Kier alpha value is -2.59. The molecule has 0 atom stereocenters. The van der Waals surface area contributed by atoms with Gasteiger partial charge in [0.15, 0.2) is 0 Å². The molecule has 6 nitrogen and oxygen atoms in total. The lowest BCUT2D eigenvalue weighted by Gasteiger charge is -2.34. The number of halogens is 3. The number of amides is 1. The summed E-state index contributed by atoms with van der Waals surface area (Å²) in [6, 6.07) is 9.60. The minimum absolute atomic E-state index is 0.0970. The van der Waals surface area contributed by atoms with E-state index in [1.807, 2.05) is 26.0 Å². The Morgan fingerprint density at radius 1 is 0.967 bits per heavy atom. The predicted octanol–water partition coefficient (Wildman–Crippen LogP) is 3.35. The number of carbonyl (C=O) groups is 1. The number of sulfonamides is 1. The highest BCUT2D eigenvalue weighted by atomic mass is 32.2. The van der Waals surface area contributed by atoms with E-state index in [-0.39, 0.29) is 37.0 Å². The van der Waals surface area contributed by atoms with Gasteiger partial charge in [-0.3, -0.25) is 4.79 Å². The van der Waals surface area contributed by atoms with Gasteiger partial charge in [-0.05, 0) is 49.7 Å². The number of rotatable bonds is 4. The van der Waals surface area contributed by atoms with Crippen molar-refractivity contribution < 1.29 is 31.1 Å². The number of ether oxygens (including phenoxy) is 1. The Morgan fingerprint density at radius 2 is 1.57 bits per heavy atom. The molecule has 1 aliphatic heterocycles. The van der Waals surface area contributed by atoms with Gasteiger partial charge in [0.1, 0.15) is 5.75 Å². The molecule has 0 saturated carbocycles. The van der Waals surface area contributed by atoms with E-state index in [1.54, 1.807) is 11.0 Å². The van der Waals surface area contributed by atoms with Gasteiger partial charge in [-0.25, -0.2) is 8.42 Å². The van der Waals surface area contributed by atoms with Crippen molar-refractivity contribution in [2.24, 2.45) is 0 Å². The summed E-state index contributed by atoms with van der Waals surface area (Å²) in [4.78, 5) is 14.2. The van der Waals surface area contributed by atoms with Crippen LogP contribution in [-0.4, -0.2) is 56.1 Å². The van der Waals surface area contributed by atoms with E-state index in [1.165, 1.54) is 4.31 Å². The molecule has 2 aromatic rings. The summed E-state index contributed by atoms with van der Waals surface area (Å²) < 4.78 is 67.3. The third-order valence-corrected chi connectivity index (χ3v) is 6.75. The topological polar surface area (TPSA) is 66.9 Å². The van der Waals surface area contributed by atoms with Crippen LogP contribution in [0.1, 0.15) is 21.5 Å². The number of piperazine rings is 1. The third-order valence-electron chi connectivity index (χ3n) is 4.83. The molecule has 0 N–H and O–H groups in total. The lowest BCUT2D eigenvalue weighted by molar-refractivity contribution is -0.274. The molecule has 1 heterocycles. The molecule has 0 bridgehead atoms. The fourth-order valence-corrected chi connectivity index (χ4v) is 4.74. The van der Waals surface area contributed by atoms with Crippen molar-refractivity contribution >= 4 is 15.9 Å². The molecular weight excluding hydrogens is 421 g/mol. The third kappa shape index (κ3) is 4.93. The number of carbonyl (C=O) groups excluding carboxylic acids is 1. The second kappa shape index (κ2) is 8.27. The Morgan fingerprint density at radius 3 is 2.10 bits per heavy atom. The zero-order valence-corrected chi connectivity index (χ0v) is 17.3. The van der Waals surface area contributed by atoms with Crippen LogP contribution >= 0.6 is 0 Å². The summed E-state index contributed by atoms with van der Waals surface area (Å²) in [6.07, 6.45) is -4.85. The standard InChI is InChI=1S/C20H21F3N2O4S/c1-14-3-8-18(15(2)13-14)19(26)24-9-11-25(12-10-24)30(27,28)17-6-4-16(5-7-17)29-20(21,22)23/h3-8,13H,9-12H2,1-2H3. The van der Waals surface area contributed by atoms with Crippen molar-refractivity contribution in [1.29, 1.82) is 0 Å². The van der Waals surface area contributed by atoms with E-state index in [2.05, 4.69) is 4.74 Å². The minimum atomic E-state index is -4.85. The summed E-state index contributed by atoms with van der Waals surface area (Å²) in [5.41, 5.74) is 2.49. The van der Waals surface area contributed by atoms with E-state index in [0.29, 0.717) is 5.56 Å². The molecule has 30 heavy (non-hydrogen) atoms. The van der Waals surface area contributed by atoms with Crippen LogP contribution in [0.5, 0.6) is 5.75 Å². The normalized spacial score (nSPS) is 15.8.